The Labute approximate surface area is 114 Å². The van der Waals surface area contributed by atoms with Crippen molar-refractivity contribution < 1.29 is 14.7 Å². The molecule has 1 amide bonds. The second kappa shape index (κ2) is 5.28. The van der Waals surface area contributed by atoms with Gasteiger partial charge in [-0.05, 0) is 31.9 Å². The number of carbonyl (C=O) groups is 2. The van der Waals surface area contributed by atoms with E-state index in [2.05, 4.69) is 0 Å². The van der Waals surface area contributed by atoms with Crippen molar-refractivity contribution in [2.24, 2.45) is 0 Å². The largest absolute Gasteiger partial charge is 0.480 e. The molecule has 0 saturated heterocycles. The lowest BCUT2D eigenvalue weighted by Gasteiger charge is -2.23. The average Bonchev–Trinajstić information content (AvgIpc) is 3.06. The van der Waals surface area contributed by atoms with Gasteiger partial charge in [0, 0.05) is 10.9 Å². The normalized spacial score (nSPS) is 16.3. The Morgan fingerprint density at radius 2 is 2.22 bits per heavy atom. The quantitative estimate of drug-likeness (QED) is 0.905. The highest BCUT2D eigenvalue weighted by molar-refractivity contribution is 7.16. The van der Waals surface area contributed by atoms with Crippen LogP contribution >= 0.6 is 22.9 Å². The summed E-state index contributed by atoms with van der Waals surface area (Å²) in [7, 11) is 0. The van der Waals surface area contributed by atoms with Crippen LogP contribution in [-0.2, 0) is 9.59 Å². The lowest BCUT2D eigenvalue weighted by Crippen LogP contribution is -2.39. The minimum absolute atomic E-state index is 0.103. The van der Waals surface area contributed by atoms with Crippen LogP contribution < -0.4 is 0 Å². The van der Waals surface area contributed by atoms with Crippen LogP contribution in [0.15, 0.2) is 12.1 Å². The van der Waals surface area contributed by atoms with Gasteiger partial charge in [-0.1, -0.05) is 11.6 Å². The molecule has 1 unspecified atom stereocenters. The molecule has 1 N–H and O–H groups in total. The van der Waals surface area contributed by atoms with Gasteiger partial charge < -0.3 is 10.0 Å². The molecule has 1 atom stereocenters. The maximum atomic E-state index is 12.3. The fourth-order valence-corrected chi connectivity index (χ4v) is 2.96. The minimum atomic E-state index is -0.966. The summed E-state index contributed by atoms with van der Waals surface area (Å²) in [5.41, 5.74) is 0. The van der Waals surface area contributed by atoms with E-state index in [4.69, 9.17) is 16.7 Å². The zero-order valence-electron chi connectivity index (χ0n) is 9.93. The lowest BCUT2D eigenvalue weighted by atomic mass is 10.1. The van der Waals surface area contributed by atoms with Crippen molar-refractivity contribution in [2.75, 3.05) is 6.54 Å². The number of hydrogen-bond donors (Lipinski definition) is 1. The second-order valence-corrected chi connectivity index (χ2v) is 6.20. The number of carboxylic acid groups (broad SMARTS) is 1. The Morgan fingerprint density at radius 3 is 2.67 bits per heavy atom. The van der Waals surface area contributed by atoms with Crippen LogP contribution in [0.4, 0.5) is 0 Å². The number of halogens is 1. The molecule has 0 spiro atoms. The van der Waals surface area contributed by atoms with Gasteiger partial charge in [0.05, 0.1) is 10.3 Å². The lowest BCUT2D eigenvalue weighted by molar-refractivity contribution is -0.145. The fourth-order valence-electron chi connectivity index (χ4n) is 1.85. The molecule has 1 fully saturated rings. The standard InChI is InChI=1S/C12H14ClNO3S/c1-7(9-4-5-10(13)18-9)12(17)14(6-11(15)16)8-2-3-8/h4-5,7-8H,2-3,6H2,1H3,(H,15,16). The van der Waals surface area contributed by atoms with Crippen LogP contribution in [0.25, 0.3) is 0 Å². The number of carbonyl (C=O) groups excluding carboxylic acids is 1. The predicted molar refractivity (Wildman–Crippen MR) is 70.1 cm³/mol. The van der Waals surface area contributed by atoms with Crippen LogP contribution in [0, 0.1) is 0 Å². The molecule has 1 heterocycles. The Kier molecular flexibility index (Phi) is 3.92. The highest BCUT2D eigenvalue weighted by Gasteiger charge is 2.36. The van der Waals surface area contributed by atoms with Crippen molar-refractivity contribution in [1.29, 1.82) is 0 Å². The Hall–Kier alpha value is -1.07. The van der Waals surface area contributed by atoms with E-state index in [1.165, 1.54) is 16.2 Å². The van der Waals surface area contributed by atoms with Gasteiger partial charge in [0.25, 0.3) is 0 Å². The molecule has 98 valence electrons. The second-order valence-electron chi connectivity index (χ2n) is 4.45. The van der Waals surface area contributed by atoms with Crippen LogP contribution in [0.1, 0.15) is 30.6 Å². The highest BCUT2D eigenvalue weighted by Crippen LogP contribution is 2.33. The van der Waals surface area contributed by atoms with E-state index >= 15 is 0 Å². The summed E-state index contributed by atoms with van der Waals surface area (Å²) in [6.07, 6.45) is 1.80. The molecule has 1 aromatic rings. The number of thiophene rings is 1. The zero-order chi connectivity index (χ0) is 13.3. The van der Waals surface area contributed by atoms with E-state index in [9.17, 15) is 9.59 Å². The molecule has 0 aliphatic heterocycles. The fraction of sp³-hybridized carbons (Fsp3) is 0.500. The molecule has 2 rings (SSSR count). The molecule has 1 aliphatic carbocycles. The summed E-state index contributed by atoms with van der Waals surface area (Å²) in [6.45, 7) is 1.58. The van der Waals surface area contributed by atoms with Crippen molar-refractivity contribution >= 4 is 34.8 Å². The first-order valence-electron chi connectivity index (χ1n) is 5.76. The SMILES string of the molecule is CC(C(=O)N(CC(=O)O)C1CC1)c1ccc(Cl)s1. The maximum Gasteiger partial charge on any atom is 0.323 e. The molecular formula is C12H14ClNO3S. The molecule has 0 bridgehead atoms. The van der Waals surface area contributed by atoms with Gasteiger partial charge in [0.2, 0.25) is 5.91 Å². The van der Waals surface area contributed by atoms with Crippen LogP contribution in [0.3, 0.4) is 0 Å². The van der Waals surface area contributed by atoms with Gasteiger partial charge in [-0.3, -0.25) is 9.59 Å². The molecule has 6 heteroatoms. The molecular weight excluding hydrogens is 274 g/mol. The molecule has 0 aromatic carbocycles. The summed E-state index contributed by atoms with van der Waals surface area (Å²) in [4.78, 5) is 25.4. The van der Waals surface area contributed by atoms with E-state index in [1.54, 1.807) is 13.0 Å². The molecule has 1 saturated carbocycles. The van der Waals surface area contributed by atoms with Crippen molar-refractivity contribution in [3.8, 4) is 0 Å². The molecule has 1 aromatic heterocycles. The van der Waals surface area contributed by atoms with E-state index in [1.807, 2.05) is 6.07 Å². The average molecular weight is 288 g/mol. The first-order valence-corrected chi connectivity index (χ1v) is 6.96. The number of hydrogen-bond acceptors (Lipinski definition) is 3. The first kappa shape index (κ1) is 13.4. The Balaban J connectivity index is 2.10. The van der Waals surface area contributed by atoms with E-state index in [0.29, 0.717) is 4.34 Å². The van der Waals surface area contributed by atoms with Gasteiger partial charge in [0.1, 0.15) is 6.54 Å². The van der Waals surface area contributed by atoms with Crippen molar-refractivity contribution in [3.05, 3.63) is 21.3 Å². The smallest absolute Gasteiger partial charge is 0.323 e. The summed E-state index contributed by atoms with van der Waals surface area (Å²) >= 11 is 7.21. The third-order valence-electron chi connectivity index (χ3n) is 2.97. The van der Waals surface area contributed by atoms with E-state index in [-0.39, 0.29) is 24.4 Å². The van der Waals surface area contributed by atoms with E-state index < -0.39 is 5.97 Å². The van der Waals surface area contributed by atoms with Gasteiger partial charge >= 0.3 is 5.97 Å². The van der Waals surface area contributed by atoms with Gasteiger partial charge in [-0.25, -0.2) is 0 Å². The number of carboxylic acids is 1. The minimum Gasteiger partial charge on any atom is -0.480 e. The molecule has 18 heavy (non-hydrogen) atoms. The topological polar surface area (TPSA) is 57.6 Å². The van der Waals surface area contributed by atoms with E-state index in [0.717, 1.165) is 17.7 Å². The summed E-state index contributed by atoms with van der Waals surface area (Å²) in [5, 5.41) is 8.85. The number of nitrogens with zero attached hydrogens (tertiary/aromatic N) is 1. The number of amides is 1. The zero-order valence-corrected chi connectivity index (χ0v) is 11.5. The Bertz CT molecular complexity index is 470. The predicted octanol–water partition coefficient (Wildman–Crippen LogP) is 2.58. The first-order chi connectivity index (χ1) is 8.49. The summed E-state index contributed by atoms with van der Waals surface area (Å²) in [5.74, 6) is -1.42. The maximum absolute atomic E-state index is 12.3. The molecule has 1 aliphatic rings. The van der Waals surface area contributed by atoms with Crippen molar-refractivity contribution in [2.45, 2.75) is 31.7 Å². The van der Waals surface area contributed by atoms with Crippen LogP contribution in [-0.4, -0.2) is 34.5 Å². The third kappa shape index (κ3) is 3.03. The van der Waals surface area contributed by atoms with Crippen molar-refractivity contribution in [1.82, 2.24) is 4.90 Å². The van der Waals surface area contributed by atoms with Crippen LogP contribution in [0.5, 0.6) is 0 Å². The van der Waals surface area contributed by atoms with Gasteiger partial charge in [-0.15, -0.1) is 11.3 Å². The number of aliphatic carboxylic acids is 1. The van der Waals surface area contributed by atoms with Crippen LogP contribution in [0.2, 0.25) is 4.34 Å². The third-order valence-corrected chi connectivity index (χ3v) is 4.38. The van der Waals surface area contributed by atoms with Gasteiger partial charge in [0.15, 0.2) is 0 Å². The molecule has 0 radical (unpaired) electrons. The highest BCUT2D eigenvalue weighted by atomic mass is 35.5. The number of rotatable bonds is 5. The summed E-state index contributed by atoms with van der Waals surface area (Å²) in [6, 6.07) is 3.68. The molecule has 4 nitrogen and oxygen atoms in total. The Morgan fingerprint density at radius 1 is 1.56 bits per heavy atom. The summed E-state index contributed by atoms with van der Waals surface area (Å²) < 4.78 is 0.640. The van der Waals surface area contributed by atoms with Gasteiger partial charge in [-0.2, -0.15) is 0 Å². The van der Waals surface area contributed by atoms with Crippen molar-refractivity contribution in [3.63, 3.8) is 0 Å². The monoisotopic (exact) mass is 287 g/mol.